The average molecular weight is 361 g/mol. The van der Waals surface area contributed by atoms with E-state index in [2.05, 4.69) is 60.0 Å². The predicted molar refractivity (Wildman–Crippen MR) is 108 cm³/mol. The second-order valence-corrected chi connectivity index (χ2v) is 7.14. The zero-order valence-electron chi connectivity index (χ0n) is 15.9. The normalized spacial score (nSPS) is 17.7. The van der Waals surface area contributed by atoms with Crippen LogP contribution in [0.25, 0.3) is 11.1 Å². The highest BCUT2D eigenvalue weighted by atomic mass is 16.2. The first-order valence-corrected chi connectivity index (χ1v) is 9.81. The van der Waals surface area contributed by atoms with Crippen LogP contribution in [0.5, 0.6) is 0 Å². The van der Waals surface area contributed by atoms with E-state index >= 15 is 0 Å². The second-order valence-electron chi connectivity index (χ2n) is 7.14. The Morgan fingerprint density at radius 1 is 1.11 bits per heavy atom. The number of carbonyl (C=O) groups excluding carboxylic acids is 1. The maximum atomic E-state index is 12.3. The minimum Gasteiger partial charge on any atom is -0.339 e. The fourth-order valence-electron chi connectivity index (χ4n) is 3.48. The van der Waals surface area contributed by atoms with Crippen molar-refractivity contribution in [2.75, 3.05) is 6.54 Å². The molecule has 1 amide bonds. The van der Waals surface area contributed by atoms with Gasteiger partial charge in [0.05, 0.1) is 12.1 Å². The molecule has 0 aliphatic carbocycles. The lowest BCUT2D eigenvalue weighted by Gasteiger charge is -2.23. The first kappa shape index (κ1) is 19.1. The van der Waals surface area contributed by atoms with Gasteiger partial charge in [0.2, 0.25) is 5.91 Å². The quantitative estimate of drug-likeness (QED) is 0.826. The standard InChI is InChI=1S/C23H27N3O/c1-2-17-6-10-19(11-7-17)20-12-8-18(9-13-20)15-21(16-24)26-23(27)22-5-3-4-14-25-22/h6-13,21-22,25H,2-5,14-15H2,1H3,(H,26,27)/t21-,22?/m0/s1. The molecule has 1 aliphatic heterocycles. The number of nitriles is 1. The Morgan fingerprint density at radius 2 is 1.74 bits per heavy atom. The maximum absolute atomic E-state index is 12.3. The summed E-state index contributed by atoms with van der Waals surface area (Å²) in [6.07, 6.45) is 4.57. The van der Waals surface area contributed by atoms with Gasteiger partial charge in [-0.3, -0.25) is 4.79 Å². The van der Waals surface area contributed by atoms with Crippen molar-refractivity contribution >= 4 is 5.91 Å². The second kappa shape index (κ2) is 9.34. The van der Waals surface area contributed by atoms with Crippen molar-refractivity contribution in [1.82, 2.24) is 10.6 Å². The van der Waals surface area contributed by atoms with Crippen molar-refractivity contribution in [3.63, 3.8) is 0 Å². The van der Waals surface area contributed by atoms with Crippen LogP contribution in [0.3, 0.4) is 0 Å². The Labute approximate surface area is 161 Å². The molecule has 1 fully saturated rings. The third-order valence-corrected chi connectivity index (χ3v) is 5.19. The Morgan fingerprint density at radius 3 is 2.26 bits per heavy atom. The molecule has 4 nitrogen and oxygen atoms in total. The van der Waals surface area contributed by atoms with E-state index in [-0.39, 0.29) is 11.9 Å². The summed E-state index contributed by atoms with van der Waals surface area (Å²) in [6.45, 7) is 3.02. The molecule has 140 valence electrons. The van der Waals surface area contributed by atoms with Crippen LogP contribution in [0.2, 0.25) is 0 Å². The van der Waals surface area contributed by atoms with Gasteiger partial charge in [0.15, 0.2) is 0 Å². The topological polar surface area (TPSA) is 64.9 Å². The predicted octanol–water partition coefficient (Wildman–Crippen LogP) is 3.61. The summed E-state index contributed by atoms with van der Waals surface area (Å²) in [5.74, 6) is -0.0612. The van der Waals surface area contributed by atoms with Crippen LogP contribution in [0.15, 0.2) is 48.5 Å². The first-order valence-electron chi connectivity index (χ1n) is 9.81. The summed E-state index contributed by atoms with van der Waals surface area (Å²) in [5.41, 5.74) is 4.72. The van der Waals surface area contributed by atoms with Gasteiger partial charge in [0.1, 0.15) is 6.04 Å². The van der Waals surface area contributed by atoms with E-state index in [1.807, 2.05) is 12.1 Å². The molecule has 3 rings (SSSR count). The molecule has 1 unspecified atom stereocenters. The number of rotatable bonds is 6. The van der Waals surface area contributed by atoms with Gasteiger partial charge in [-0.25, -0.2) is 0 Å². The summed E-state index contributed by atoms with van der Waals surface area (Å²) >= 11 is 0. The number of carbonyl (C=O) groups is 1. The molecule has 4 heteroatoms. The Hall–Kier alpha value is -2.64. The maximum Gasteiger partial charge on any atom is 0.238 e. The van der Waals surface area contributed by atoms with Crippen molar-refractivity contribution in [1.29, 1.82) is 5.26 Å². The van der Waals surface area contributed by atoms with E-state index in [1.165, 1.54) is 11.1 Å². The summed E-state index contributed by atoms with van der Waals surface area (Å²) in [6, 6.07) is 18.4. The molecule has 2 aromatic carbocycles. The van der Waals surface area contributed by atoms with Gasteiger partial charge in [-0.2, -0.15) is 5.26 Å². The number of nitrogens with zero attached hydrogens (tertiary/aromatic N) is 1. The smallest absolute Gasteiger partial charge is 0.238 e. The zero-order valence-corrected chi connectivity index (χ0v) is 15.9. The van der Waals surface area contributed by atoms with Gasteiger partial charge in [-0.05, 0) is 48.1 Å². The molecular formula is C23H27N3O. The van der Waals surface area contributed by atoms with Crippen LogP contribution in [-0.2, 0) is 17.6 Å². The van der Waals surface area contributed by atoms with Crippen LogP contribution >= 0.6 is 0 Å². The van der Waals surface area contributed by atoms with Crippen LogP contribution in [-0.4, -0.2) is 24.5 Å². The molecular weight excluding hydrogens is 334 g/mol. The number of amides is 1. The van der Waals surface area contributed by atoms with Gasteiger partial charge in [0, 0.05) is 6.42 Å². The highest BCUT2D eigenvalue weighted by Gasteiger charge is 2.22. The lowest BCUT2D eigenvalue weighted by molar-refractivity contribution is -0.124. The molecule has 0 spiro atoms. The Balaban J connectivity index is 1.60. The van der Waals surface area contributed by atoms with Crippen LogP contribution in [0.1, 0.15) is 37.3 Å². The summed E-state index contributed by atoms with van der Waals surface area (Å²) in [4.78, 5) is 12.3. The number of nitrogens with one attached hydrogen (secondary N) is 2. The van der Waals surface area contributed by atoms with Crippen LogP contribution in [0, 0.1) is 11.3 Å². The highest BCUT2D eigenvalue weighted by molar-refractivity contribution is 5.82. The minimum absolute atomic E-state index is 0.0612. The average Bonchev–Trinajstić information content (AvgIpc) is 2.74. The monoisotopic (exact) mass is 361 g/mol. The third-order valence-electron chi connectivity index (χ3n) is 5.19. The fourth-order valence-corrected chi connectivity index (χ4v) is 3.48. The van der Waals surface area contributed by atoms with Crippen molar-refractivity contribution < 1.29 is 4.79 Å². The van der Waals surface area contributed by atoms with E-state index in [0.717, 1.165) is 43.4 Å². The van der Waals surface area contributed by atoms with Crippen molar-refractivity contribution in [3.8, 4) is 17.2 Å². The number of aryl methyl sites for hydroxylation is 1. The molecule has 0 aromatic heterocycles. The molecule has 27 heavy (non-hydrogen) atoms. The number of hydrogen-bond donors (Lipinski definition) is 2. The Bertz CT molecular complexity index is 784. The van der Waals surface area contributed by atoms with Gasteiger partial charge in [-0.1, -0.05) is 61.9 Å². The van der Waals surface area contributed by atoms with E-state index < -0.39 is 6.04 Å². The molecule has 1 saturated heterocycles. The minimum atomic E-state index is -0.504. The summed E-state index contributed by atoms with van der Waals surface area (Å²) in [5, 5.41) is 15.5. The van der Waals surface area contributed by atoms with E-state index in [9.17, 15) is 10.1 Å². The van der Waals surface area contributed by atoms with Crippen molar-refractivity contribution in [3.05, 3.63) is 59.7 Å². The molecule has 2 atom stereocenters. The highest BCUT2D eigenvalue weighted by Crippen LogP contribution is 2.21. The fraction of sp³-hybridized carbons (Fsp3) is 0.391. The molecule has 2 N–H and O–H groups in total. The van der Waals surface area contributed by atoms with Gasteiger partial charge in [0.25, 0.3) is 0 Å². The van der Waals surface area contributed by atoms with Gasteiger partial charge < -0.3 is 10.6 Å². The molecule has 0 saturated carbocycles. The largest absolute Gasteiger partial charge is 0.339 e. The van der Waals surface area contributed by atoms with E-state index in [4.69, 9.17) is 0 Å². The lowest BCUT2D eigenvalue weighted by atomic mass is 9.99. The first-order chi connectivity index (χ1) is 13.2. The lowest BCUT2D eigenvalue weighted by Crippen LogP contribution is -2.49. The van der Waals surface area contributed by atoms with Crippen molar-refractivity contribution in [2.24, 2.45) is 0 Å². The molecule has 2 aromatic rings. The number of benzene rings is 2. The summed E-state index contributed by atoms with van der Waals surface area (Å²) < 4.78 is 0. The Kier molecular flexibility index (Phi) is 6.62. The van der Waals surface area contributed by atoms with Gasteiger partial charge >= 0.3 is 0 Å². The third kappa shape index (κ3) is 5.18. The number of hydrogen-bond acceptors (Lipinski definition) is 3. The molecule has 0 bridgehead atoms. The van der Waals surface area contributed by atoms with E-state index in [1.54, 1.807) is 0 Å². The zero-order chi connectivity index (χ0) is 19.1. The van der Waals surface area contributed by atoms with Crippen LogP contribution < -0.4 is 10.6 Å². The van der Waals surface area contributed by atoms with Crippen LogP contribution in [0.4, 0.5) is 0 Å². The molecule has 1 heterocycles. The SMILES string of the molecule is CCc1ccc(-c2ccc(C[C@@H](C#N)NC(=O)C3CCCCN3)cc2)cc1. The van der Waals surface area contributed by atoms with Crippen molar-refractivity contribution in [2.45, 2.75) is 51.1 Å². The summed E-state index contributed by atoms with van der Waals surface area (Å²) in [7, 11) is 0. The van der Waals surface area contributed by atoms with E-state index in [0.29, 0.717) is 6.42 Å². The molecule has 1 aliphatic rings. The van der Waals surface area contributed by atoms with Gasteiger partial charge in [-0.15, -0.1) is 0 Å². The molecule has 0 radical (unpaired) electrons. The number of piperidine rings is 1.